The van der Waals surface area contributed by atoms with E-state index in [4.69, 9.17) is 0 Å². The first-order chi connectivity index (χ1) is 15.9. The van der Waals surface area contributed by atoms with E-state index in [0.29, 0.717) is 11.4 Å². The lowest BCUT2D eigenvalue weighted by Crippen LogP contribution is -2.22. The van der Waals surface area contributed by atoms with Gasteiger partial charge < -0.3 is 10.2 Å². The van der Waals surface area contributed by atoms with Gasteiger partial charge in [0.05, 0.1) is 22.5 Å². The minimum absolute atomic E-state index is 0.164. The van der Waals surface area contributed by atoms with Crippen molar-refractivity contribution in [1.82, 2.24) is 9.78 Å². The summed E-state index contributed by atoms with van der Waals surface area (Å²) < 4.78 is 1.08. The van der Waals surface area contributed by atoms with E-state index in [-0.39, 0.29) is 16.8 Å². The first-order valence-corrected chi connectivity index (χ1v) is 9.62. The maximum atomic E-state index is 12.8. The second-order valence-electron chi connectivity index (χ2n) is 6.83. The largest absolute Gasteiger partial charge is 0.477 e. The number of anilines is 1. The van der Waals surface area contributed by atoms with Crippen molar-refractivity contribution in [1.29, 1.82) is 0 Å². The maximum absolute atomic E-state index is 12.8. The van der Waals surface area contributed by atoms with Crippen molar-refractivity contribution in [3.05, 3.63) is 100.0 Å². The Bertz CT molecular complexity index is 1400. The topological polar surface area (TPSA) is 145 Å². The molecule has 0 spiro atoms. The summed E-state index contributed by atoms with van der Waals surface area (Å²) in [4.78, 5) is 48.8. The minimum atomic E-state index is -1.40. The molecule has 1 amide bonds. The van der Waals surface area contributed by atoms with Crippen LogP contribution >= 0.6 is 0 Å². The standard InChI is InChI=1S/C23H16N4O6/c28-20-16(18(22(30)31)24-26(20)14-8-3-1-4-9-14)12-7-13-17-19(23(32)33)25-27(21(17)29)15-10-5-2-6-11-15/h1-13,24H,(H,30,31)(H,32,33)/b12-7?,17-13-. The number of nitrogens with one attached hydrogen (secondary N) is 1. The van der Waals surface area contributed by atoms with E-state index in [1.165, 1.54) is 18.2 Å². The number of H-pyrrole nitrogens is 1. The van der Waals surface area contributed by atoms with E-state index in [1.54, 1.807) is 60.7 Å². The molecule has 2 aromatic carbocycles. The number of benzene rings is 2. The molecule has 10 nitrogen and oxygen atoms in total. The first-order valence-electron chi connectivity index (χ1n) is 9.62. The summed E-state index contributed by atoms with van der Waals surface area (Å²) in [6, 6.07) is 16.7. The zero-order valence-corrected chi connectivity index (χ0v) is 16.9. The summed E-state index contributed by atoms with van der Waals surface area (Å²) in [5.41, 5.74) is -0.993. The van der Waals surface area contributed by atoms with Gasteiger partial charge in [0.15, 0.2) is 11.4 Å². The molecular formula is C23H16N4O6. The van der Waals surface area contributed by atoms with E-state index in [0.717, 1.165) is 9.69 Å². The van der Waals surface area contributed by atoms with Crippen molar-refractivity contribution in [3.8, 4) is 5.69 Å². The fourth-order valence-corrected chi connectivity index (χ4v) is 3.23. The molecule has 1 aromatic heterocycles. The SMILES string of the molecule is O=C(O)C1=NN(c2ccccc2)C(=O)/C1=C\C=Cc1c(C(=O)O)[nH]n(-c2ccccc2)c1=O. The number of hydrogen-bond donors (Lipinski definition) is 3. The summed E-state index contributed by atoms with van der Waals surface area (Å²) >= 11 is 0. The molecule has 1 aliphatic heterocycles. The van der Waals surface area contributed by atoms with Gasteiger partial charge in [-0.05, 0) is 36.4 Å². The van der Waals surface area contributed by atoms with Crippen molar-refractivity contribution in [3.63, 3.8) is 0 Å². The molecule has 0 bridgehead atoms. The highest BCUT2D eigenvalue weighted by molar-refractivity contribution is 6.52. The van der Waals surface area contributed by atoms with Crippen molar-refractivity contribution in [2.75, 3.05) is 5.01 Å². The molecule has 0 saturated heterocycles. The summed E-state index contributed by atoms with van der Waals surface area (Å²) in [5.74, 6) is -3.42. The molecule has 3 aromatic rings. The van der Waals surface area contributed by atoms with Gasteiger partial charge in [-0.1, -0.05) is 42.5 Å². The zero-order chi connectivity index (χ0) is 23.5. The molecule has 0 unspecified atom stereocenters. The van der Waals surface area contributed by atoms with Gasteiger partial charge in [-0.15, -0.1) is 0 Å². The molecule has 0 radical (unpaired) electrons. The highest BCUT2D eigenvalue weighted by Gasteiger charge is 2.34. The molecule has 0 fully saturated rings. The van der Waals surface area contributed by atoms with Crippen LogP contribution in [0.4, 0.5) is 5.69 Å². The van der Waals surface area contributed by atoms with E-state index >= 15 is 0 Å². The number of nitrogens with zero attached hydrogens (tertiary/aromatic N) is 3. The fourth-order valence-electron chi connectivity index (χ4n) is 3.23. The van der Waals surface area contributed by atoms with Gasteiger partial charge >= 0.3 is 11.9 Å². The number of para-hydroxylation sites is 2. The van der Waals surface area contributed by atoms with E-state index in [1.807, 2.05) is 0 Å². The minimum Gasteiger partial charge on any atom is -0.477 e. The van der Waals surface area contributed by atoms with Crippen LogP contribution in [0, 0.1) is 0 Å². The molecule has 0 atom stereocenters. The number of aromatic amines is 1. The quantitative estimate of drug-likeness (QED) is 0.498. The summed E-state index contributed by atoms with van der Waals surface area (Å²) in [6.07, 6.45) is 3.63. The lowest BCUT2D eigenvalue weighted by molar-refractivity contribution is -0.129. The molecule has 3 N–H and O–H groups in total. The van der Waals surface area contributed by atoms with Crippen molar-refractivity contribution < 1.29 is 24.6 Å². The monoisotopic (exact) mass is 444 g/mol. The predicted molar refractivity (Wildman–Crippen MR) is 119 cm³/mol. The Balaban J connectivity index is 1.72. The van der Waals surface area contributed by atoms with Crippen LogP contribution in [-0.2, 0) is 9.59 Å². The molecule has 10 heteroatoms. The Morgan fingerprint density at radius 3 is 2.06 bits per heavy atom. The molecule has 164 valence electrons. The number of hydrogen-bond acceptors (Lipinski definition) is 5. The number of aliphatic carboxylic acids is 1. The van der Waals surface area contributed by atoms with Crippen molar-refractivity contribution in [2.24, 2.45) is 5.10 Å². The lowest BCUT2D eigenvalue weighted by atomic mass is 10.1. The Morgan fingerprint density at radius 2 is 1.48 bits per heavy atom. The van der Waals surface area contributed by atoms with Crippen LogP contribution in [0.3, 0.4) is 0 Å². The van der Waals surface area contributed by atoms with Gasteiger partial charge in [-0.2, -0.15) is 10.1 Å². The predicted octanol–water partition coefficient (Wildman–Crippen LogP) is 2.29. The molecule has 33 heavy (non-hydrogen) atoms. The molecule has 0 saturated carbocycles. The summed E-state index contributed by atoms with van der Waals surface area (Å²) in [5, 5.41) is 26.3. The highest BCUT2D eigenvalue weighted by Crippen LogP contribution is 2.23. The number of carboxylic acids is 2. The third-order valence-corrected chi connectivity index (χ3v) is 4.76. The number of carbonyl (C=O) groups excluding carboxylic acids is 1. The number of aromatic carboxylic acids is 1. The van der Waals surface area contributed by atoms with Gasteiger partial charge in [0, 0.05) is 0 Å². The number of amides is 1. The lowest BCUT2D eigenvalue weighted by Gasteiger charge is -2.10. The van der Waals surface area contributed by atoms with Crippen LogP contribution in [0.15, 0.2) is 88.3 Å². The van der Waals surface area contributed by atoms with Gasteiger partial charge in [0.25, 0.3) is 11.5 Å². The second kappa shape index (κ2) is 8.63. The van der Waals surface area contributed by atoms with Gasteiger partial charge in [0.1, 0.15) is 0 Å². The molecule has 0 aliphatic carbocycles. The average molecular weight is 444 g/mol. The first kappa shape index (κ1) is 21.2. The van der Waals surface area contributed by atoms with Crippen LogP contribution in [-0.4, -0.2) is 43.6 Å². The van der Waals surface area contributed by atoms with Crippen molar-refractivity contribution >= 4 is 35.3 Å². The molecule has 1 aliphatic rings. The Labute approximate surface area is 186 Å². The Morgan fingerprint density at radius 1 is 0.879 bits per heavy atom. The summed E-state index contributed by atoms with van der Waals surface area (Å²) in [6.45, 7) is 0. The number of aromatic nitrogens is 2. The Kier molecular flexibility index (Phi) is 5.56. The zero-order valence-electron chi connectivity index (χ0n) is 16.9. The summed E-state index contributed by atoms with van der Waals surface area (Å²) in [7, 11) is 0. The van der Waals surface area contributed by atoms with E-state index in [9.17, 15) is 29.4 Å². The van der Waals surface area contributed by atoms with E-state index < -0.39 is 29.1 Å². The molecule has 4 rings (SSSR count). The molecular weight excluding hydrogens is 428 g/mol. The third-order valence-electron chi connectivity index (χ3n) is 4.76. The average Bonchev–Trinajstić information content (AvgIpc) is 3.32. The highest BCUT2D eigenvalue weighted by atomic mass is 16.4. The number of carbonyl (C=O) groups is 3. The van der Waals surface area contributed by atoms with Crippen LogP contribution in [0.2, 0.25) is 0 Å². The second-order valence-corrected chi connectivity index (χ2v) is 6.83. The number of hydrazone groups is 1. The van der Waals surface area contributed by atoms with E-state index in [2.05, 4.69) is 10.2 Å². The normalized spacial score (nSPS) is 14.8. The maximum Gasteiger partial charge on any atom is 0.357 e. The van der Waals surface area contributed by atoms with Crippen LogP contribution in [0.25, 0.3) is 11.8 Å². The third kappa shape index (κ3) is 4.00. The van der Waals surface area contributed by atoms with Gasteiger partial charge in [-0.25, -0.2) is 14.3 Å². The van der Waals surface area contributed by atoms with Crippen molar-refractivity contribution in [2.45, 2.75) is 0 Å². The number of carboxylic acid groups (broad SMARTS) is 2. The Hall–Kier alpha value is -4.99. The number of allylic oxidation sites excluding steroid dienone is 2. The van der Waals surface area contributed by atoms with Gasteiger partial charge in [-0.3, -0.25) is 14.7 Å². The van der Waals surface area contributed by atoms with Crippen LogP contribution in [0.5, 0.6) is 0 Å². The fraction of sp³-hybridized carbons (Fsp3) is 0. The van der Waals surface area contributed by atoms with Gasteiger partial charge in [0.2, 0.25) is 0 Å². The van der Waals surface area contributed by atoms with Crippen LogP contribution in [0.1, 0.15) is 16.1 Å². The molecule has 2 heterocycles. The number of rotatable bonds is 6. The van der Waals surface area contributed by atoms with Crippen LogP contribution < -0.4 is 10.6 Å². The smallest absolute Gasteiger partial charge is 0.357 e.